The number of hydrogen-bond acceptors (Lipinski definition) is 3. The summed E-state index contributed by atoms with van der Waals surface area (Å²) in [6, 6.07) is 0. The summed E-state index contributed by atoms with van der Waals surface area (Å²) in [5.74, 6) is 0.584. The van der Waals surface area contributed by atoms with Crippen molar-refractivity contribution < 1.29 is 9.90 Å². The number of carbonyl (C=O) groups is 1. The summed E-state index contributed by atoms with van der Waals surface area (Å²) in [7, 11) is 1.81. The Kier molecular flexibility index (Phi) is 4.47. The molecule has 0 bridgehead atoms. The fourth-order valence-corrected chi connectivity index (χ4v) is 2.24. The Balaban J connectivity index is 2.56. The van der Waals surface area contributed by atoms with Crippen LogP contribution in [0.15, 0.2) is 6.20 Å². The molecular weight excluding hydrogens is 236 g/mol. The second-order valence-corrected chi connectivity index (χ2v) is 4.68. The van der Waals surface area contributed by atoms with Gasteiger partial charge in [0.15, 0.2) is 0 Å². The SMILES string of the molecule is CCC(SCc1ncc(Cl)n1C)C(=O)O. The molecule has 0 amide bonds. The van der Waals surface area contributed by atoms with Crippen LogP contribution in [0.4, 0.5) is 0 Å². The Morgan fingerprint density at radius 2 is 2.47 bits per heavy atom. The predicted octanol–water partition coefficient (Wildman–Crippen LogP) is 2.17. The molecule has 0 aliphatic heterocycles. The number of hydrogen-bond donors (Lipinski definition) is 1. The van der Waals surface area contributed by atoms with Gasteiger partial charge < -0.3 is 9.67 Å². The number of nitrogens with zero attached hydrogens (tertiary/aromatic N) is 2. The van der Waals surface area contributed by atoms with Crippen LogP contribution in [0.3, 0.4) is 0 Å². The molecular formula is C9H13ClN2O2S. The first kappa shape index (κ1) is 12.4. The van der Waals surface area contributed by atoms with E-state index in [9.17, 15) is 4.79 Å². The van der Waals surface area contributed by atoms with Crippen molar-refractivity contribution in [2.75, 3.05) is 0 Å². The summed E-state index contributed by atoms with van der Waals surface area (Å²) < 4.78 is 1.75. The highest BCUT2D eigenvalue weighted by atomic mass is 35.5. The molecule has 0 saturated heterocycles. The van der Waals surface area contributed by atoms with E-state index < -0.39 is 5.97 Å². The molecule has 15 heavy (non-hydrogen) atoms. The van der Waals surface area contributed by atoms with E-state index >= 15 is 0 Å². The Labute approximate surface area is 97.6 Å². The molecule has 1 aromatic heterocycles. The standard InChI is InChI=1S/C9H13ClN2O2S/c1-3-6(9(13)14)15-5-8-11-4-7(10)12(8)2/h4,6H,3,5H2,1-2H3,(H,13,14). The zero-order valence-corrected chi connectivity index (χ0v) is 10.2. The molecule has 0 aliphatic carbocycles. The molecule has 0 spiro atoms. The van der Waals surface area contributed by atoms with Crippen LogP contribution in [0.2, 0.25) is 5.15 Å². The third-order valence-corrected chi connectivity index (χ3v) is 3.80. The van der Waals surface area contributed by atoms with E-state index in [1.165, 1.54) is 11.8 Å². The van der Waals surface area contributed by atoms with E-state index in [1.54, 1.807) is 10.8 Å². The van der Waals surface area contributed by atoms with Crippen molar-refractivity contribution in [3.63, 3.8) is 0 Å². The quantitative estimate of drug-likeness (QED) is 0.868. The van der Waals surface area contributed by atoms with Crippen molar-refractivity contribution in [2.45, 2.75) is 24.3 Å². The van der Waals surface area contributed by atoms with Gasteiger partial charge in [-0.1, -0.05) is 18.5 Å². The Morgan fingerprint density at radius 3 is 2.87 bits per heavy atom. The number of aliphatic carboxylic acids is 1. The summed E-state index contributed by atoms with van der Waals surface area (Å²) in [6.07, 6.45) is 2.18. The Hall–Kier alpha value is -0.680. The van der Waals surface area contributed by atoms with E-state index in [0.29, 0.717) is 17.3 Å². The average molecular weight is 249 g/mol. The number of aromatic nitrogens is 2. The van der Waals surface area contributed by atoms with Crippen LogP contribution in [0.1, 0.15) is 19.2 Å². The lowest BCUT2D eigenvalue weighted by molar-refractivity contribution is -0.136. The molecule has 0 fully saturated rings. The first-order chi connectivity index (χ1) is 7.06. The Morgan fingerprint density at radius 1 is 1.80 bits per heavy atom. The Bertz CT molecular complexity index is 354. The van der Waals surface area contributed by atoms with Crippen molar-refractivity contribution in [2.24, 2.45) is 7.05 Å². The number of carboxylic acids is 1. The third kappa shape index (κ3) is 3.14. The largest absolute Gasteiger partial charge is 0.480 e. The summed E-state index contributed by atoms with van der Waals surface area (Å²) in [6.45, 7) is 1.86. The van der Waals surface area contributed by atoms with Crippen LogP contribution < -0.4 is 0 Å². The molecule has 1 N–H and O–H groups in total. The molecule has 1 heterocycles. The van der Waals surface area contributed by atoms with Crippen LogP contribution in [0.5, 0.6) is 0 Å². The lowest BCUT2D eigenvalue weighted by atomic mass is 10.3. The van der Waals surface area contributed by atoms with E-state index in [4.69, 9.17) is 16.7 Å². The molecule has 1 rings (SSSR count). The van der Waals surface area contributed by atoms with Crippen molar-refractivity contribution >= 4 is 29.3 Å². The minimum absolute atomic E-state index is 0.375. The molecule has 0 saturated carbocycles. The van der Waals surface area contributed by atoms with Crippen LogP contribution >= 0.6 is 23.4 Å². The topological polar surface area (TPSA) is 55.1 Å². The smallest absolute Gasteiger partial charge is 0.316 e. The van der Waals surface area contributed by atoms with Crippen LogP contribution in [0.25, 0.3) is 0 Å². The first-order valence-corrected chi connectivity index (χ1v) is 5.99. The maximum atomic E-state index is 10.8. The van der Waals surface area contributed by atoms with E-state index in [-0.39, 0.29) is 5.25 Å². The fourth-order valence-electron chi connectivity index (χ4n) is 1.10. The highest BCUT2D eigenvalue weighted by molar-refractivity contribution is 7.99. The van der Waals surface area contributed by atoms with Gasteiger partial charge in [0.2, 0.25) is 0 Å². The second kappa shape index (κ2) is 5.42. The number of thioether (sulfide) groups is 1. The number of halogens is 1. The minimum atomic E-state index is -0.775. The van der Waals surface area contributed by atoms with Crippen LogP contribution in [0, 0.1) is 0 Å². The second-order valence-electron chi connectivity index (χ2n) is 3.10. The third-order valence-electron chi connectivity index (χ3n) is 2.09. The monoisotopic (exact) mass is 248 g/mol. The van der Waals surface area contributed by atoms with Crippen molar-refractivity contribution in [1.82, 2.24) is 9.55 Å². The fraction of sp³-hybridized carbons (Fsp3) is 0.556. The van der Waals surface area contributed by atoms with Crippen molar-refractivity contribution in [3.8, 4) is 0 Å². The maximum absolute atomic E-state index is 10.8. The molecule has 0 radical (unpaired) electrons. The van der Waals surface area contributed by atoms with Gasteiger partial charge in [0.1, 0.15) is 16.2 Å². The lowest BCUT2D eigenvalue weighted by Crippen LogP contribution is -2.15. The van der Waals surface area contributed by atoms with Crippen molar-refractivity contribution in [1.29, 1.82) is 0 Å². The molecule has 0 aliphatic rings. The lowest BCUT2D eigenvalue weighted by Gasteiger charge is -2.08. The van der Waals surface area contributed by atoms with Crippen LogP contribution in [-0.4, -0.2) is 25.9 Å². The maximum Gasteiger partial charge on any atom is 0.316 e. The van der Waals surface area contributed by atoms with Gasteiger partial charge >= 0.3 is 5.97 Å². The predicted molar refractivity (Wildman–Crippen MR) is 61.2 cm³/mol. The number of rotatable bonds is 5. The van der Waals surface area contributed by atoms with Gasteiger partial charge in [-0.2, -0.15) is 0 Å². The first-order valence-electron chi connectivity index (χ1n) is 4.56. The number of imidazole rings is 1. The highest BCUT2D eigenvalue weighted by Gasteiger charge is 2.16. The van der Waals surface area contributed by atoms with Crippen LogP contribution in [-0.2, 0) is 17.6 Å². The summed E-state index contributed by atoms with van der Waals surface area (Å²) in [5, 5.41) is 9.04. The van der Waals surface area contributed by atoms with Gasteiger partial charge in [0, 0.05) is 7.05 Å². The zero-order chi connectivity index (χ0) is 11.4. The molecule has 6 heteroatoms. The summed E-state index contributed by atoms with van der Waals surface area (Å²) in [5.41, 5.74) is 0. The molecule has 0 aromatic carbocycles. The minimum Gasteiger partial charge on any atom is -0.480 e. The van der Waals surface area contributed by atoms with Gasteiger partial charge in [-0.3, -0.25) is 4.79 Å². The number of carboxylic acid groups (broad SMARTS) is 1. The molecule has 1 unspecified atom stereocenters. The van der Waals surface area contributed by atoms with E-state index in [2.05, 4.69) is 4.98 Å². The van der Waals surface area contributed by atoms with Gasteiger partial charge in [-0.25, -0.2) is 4.98 Å². The molecule has 1 atom stereocenters. The summed E-state index contributed by atoms with van der Waals surface area (Å²) in [4.78, 5) is 14.9. The molecule has 84 valence electrons. The normalized spacial score (nSPS) is 12.7. The van der Waals surface area contributed by atoms with Gasteiger partial charge in [0.05, 0.1) is 11.9 Å². The molecule has 1 aromatic rings. The average Bonchev–Trinajstić information content (AvgIpc) is 2.49. The molecule has 4 nitrogen and oxygen atoms in total. The highest BCUT2D eigenvalue weighted by Crippen LogP contribution is 2.21. The van der Waals surface area contributed by atoms with Gasteiger partial charge in [0.25, 0.3) is 0 Å². The van der Waals surface area contributed by atoms with Gasteiger partial charge in [-0.15, -0.1) is 11.8 Å². The van der Waals surface area contributed by atoms with E-state index in [1.807, 2.05) is 14.0 Å². The zero-order valence-electron chi connectivity index (χ0n) is 8.61. The van der Waals surface area contributed by atoms with Gasteiger partial charge in [-0.05, 0) is 6.42 Å². The van der Waals surface area contributed by atoms with Crippen molar-refractivity contribution in [3.05, 3.63) is 17.2 Å². The van der Waals surface area contributed by atoms with E-state index in [0.717, 1.165) is 5.82 Å². The summed E-state index contributed by atoms with van der Waals surface area (Å²) >= 11 is 7.18.